The van der Waals surface area contributed by atoms with Gasteiger partial charge in [0, 0.05) is 5.56 Å². The molecule has 2 N–H and O–H groups in total. The van der Waals surface area contributed by atoms with Gasteiger partial charge in [0.05, 0.1) is 0 Å². The molecule has 6 heteroatoms. The van der Waals surface area contributed by atoms with Crippen LogP contribution in [0, 0.1) is 0 Å². The number of benzene rings is 1. The summed E-state index contributed by atoms with van der Waals surface area (Å²) >= 11 is 1.26. The number of aromatic nitrogens is 3. The Morgan fingerprint density at radius 2 is 1.82 bits per heavy atom. The largest absolute Gasteiger partial charge is 0.327 e. The number of fused-ring (bicyclic) bond motifs is 1. The molecular formula is C11H7N3O2S. The first-order valence-corrected chi connectivity index (χ1v) is 5.74. The van der Waals surface area contributed by atoms with Gasteiger partial charge in [-0.1, -0.05) is 30.3 Å². The lowest BCUT2D eigenvalue weighted by atomic mass is 10.2. The molecule has 84 valence electrons. The molecule has 0 saturated heterocycles. The van der Waals surface area contributed by atoms with E-state index in [9.17, 15) is 9.59 Å². The minimum atomic E-state index is -0.535. The Morgan fingerprint density at radius 1 is 1.06 bits per heavy atom. The quantitative estimate of drug-likeness (QED) is 0.679. The van der Waals surface area contributed by atoms with Crippen LogP contribution in [-0.4, -0.2) is 15.0 Å². The highest BCUT2D eigenvalue weighted by atomic mass is 32.1. The zero-order chi connectivity index (χ0) is 11.8. The summed E-state index contributed by atoms with van der Waals surface area (Å²) in [6.07, 6.45) is 0. The first-order chi connectivity index (χ1) is 8.24. The van der Waals surface area contributed by atoms with Crippen LogP contribution in [0.3, 0.4) is 0 Å². The SMILES string of the molecule is O=c1[nH]c(=O)c2sc(-c3ccccc3)nc2[nH]1. The van der Waals surface area contributed by atoms with Crippen LogP contribution in [0.4, 0.5) is 0 Å². The number of hydrogen-bond acceptors (Lipinski definition) is 4. The van der Waals surface area contributed by atoms with Crippen molar-refractivity contribution in [2.75, 3.05) is 0 Å². The smallest absolute Gasteiger partial charge is 0.291 e. The van der Waals surface area contributed by atoms with Crippen LogP contribution in [0.15, 0.2) is 39.9 Å². The van der Waals surface area contributed by atoms with Crippen molar-refractivity contribution in [3.8, 4) is 10.6 Å². The second kappa shape index (κ2) is 3.67. The Kier molecular flexibility index (Phi) is 2.15. The van der Waals surface area contributed by atoms with Crippen LogP contribution in [0.5, 0.6) is 0 Å². The standard InChI is InChI=1S/C11H7N3O2S/c15-9-7-8(13-11(16)14-9)12-10(17-7)6-4-2-1-3-5-6/h1-5H,(H2,13,14,15,16). The average Bonchev–Trinajstić information content (AvgIpc) is 2.74. The molecule has 5 nitrogen and oxygen atoms in total. The molecule has 3 rings (SSSR count). The normalized spacial score (nSPS) is 10.8. The van der Waals surface area contributed by atoms with E-state index in [1.54, 1.807) is 0 Å². The fourth-order valence-electron chi connectivity index (χ4n) is 1.56. The lowest BCUT2D eigenvalue weighted by Gasteiger charge is -1.91. The summed E-state index contributed by atoms with van der Waals surface area (Å²) in [6, 6.07) is 9.52. The molecule has 0 aliphatic rings. The molecule has 0 radical (unpaired) electrons. The van der Waals surface area contributed by atoms with Crippen molar-refractivity contribution < 1.29 is 0 Å². The van der Waals surface area contributed by atoms with E-state index < -0.39 is 11.2 Å². The van der Waals surface area contributed by atoms with Crippen molar-refractivity contribution in [3.05, 3.63) is 51.2 Å². The molecule has 17 heavy (non-hydrogen) atoms. The zero-order valence-electron chi connectivity index (χ0n) is 8.56. The van der Waals surface area contributed by atoms with Gasteiger partial charge in [0.15, 0.2) is 5.65 Å². The molecule has 3 aromatic rings. The lowest BCUT2D eigenvalue weighted by molar-refractivity contribution is 1.07. The summed E-state index contributed by atoms with van der Waals surface area (Å²) in [5.41, 5.74) is 0.326. The van der Waals surface area contributed by atoms with Crippen LogP contribution >= 0.6 is 11.3 Å². The average molecular weight is 245 g/mol. The van der Waals surface area contributed by atoms with Crippen LogP contribution < -0.4 is 11.2 Å². The Morgan fingerprint density at radius 3 is 2.59 bits per heavy atom. The molecule has 0 aliphatic heterocycles. The Labute approximate surface area is 98.8 Å². The van der Waals surface area contributed by atoms with E-state index >= 15 is 0 Å². The monoisotopic (exact) mass is 245 g/mol. The van der Waals surface area contributed by atoms with Crippen molar-refractivity contribution in [1.82, 2.24) is 15.0 Å². The molecule has 0 fully saturated rings. The molecule has 0 aliphatic carbocycles. The molecule has 0 unspecified atom stereocenters. The highest BCUT2D eigenvalue weighted by Crippen LogP contribution is 2.26. The molecule has 1 aromatic carbocycles. The van der Waals surface area contributed by atoms with Crippen molar-refractivity contribution in [3.63, 3.8) is 0 Å². The van der Waals surface area contributed by atoms with E-state index in [1.807, 2.05) is 30.3 Å². The minimum Gasteiger partial charge on any atom is -0.291 e. The first-order valence-electron chi connectivity index (χ1n) is 4.92. The molecule has 0 bridgehead atoms. The minimum absolute atomic E-state index is 0.336. The van der Waals surface area contributed by atoms with E-state index in [0.29, 0.717) is 15.4 Å². The summed E-state index contributed by atoms with van der Waals surface area (Å²) in [5, 5.41) is 0.716. The topological polar surface area (TPSA) is 78.6 Å². The molecular weight excluding hydrogens is 238 g/mol. The van der Waals surface area contributed by atoms with Gasteiger partial charge in [-0.2, -0.15) is 0 Å². The number of nitrogens with one attached hydrogen (secondary N) is 2. The number of hydrogen-bond donors (Lipinski definition) is 2. The molecule has 0 amide bonds. The molecule has 0 saturated carbocycles. The van der Waals surface area contributed by atoms with Crippen LogP contribution in [0.25, 0.3) is 20.9 Å². The van der Waals surface area contributed by atoms with Gasteiger partial charge in [0.2, 0.25) is 0 Å². The van der Waals surface area contributed by atoms with Crippen molar-refractivity contribution in [2.24, 2.45) is 0 Å². The predicted molar refractivity (Wildman–Crippen MR) is 66.3 cm³/mol. The summed E-state index contributed by atoms with van der Waals surface area (Å²) < 4.78 is 0.434. The Bertz CT molecular complexity index is 786. The number of nitrogens with zero attached hydrogens (tertiary/aromatic N) is 1. The molecule has 2 heterocycles. The summed E-state index contributed by atoms with van der Waals surface area (Å²) in [5.74, 6) is 0. The van der Waals surface area contributed by atoms with Crippen molar-refractivity contribution >= 4 is 21.7 Å². The maximum absolute atomic E-state index is 11.5. The van der Waals surface area contributed by atoms with Gasteiger partial charge in [-0.25, -0.2) is 9.78 Å². The Balaban J connectivity index is 2.31. The van der Waals surface area contributed by atoms with Gasteiger partial charge in [0.1, 0.15) is 9.71 Å². The summed E-state index contributed by atoms with van der Waals surface area (Å²) in [6.45, 7) is 0. The second-order valence-corrected chi connectivity index (χ2v) is 4.47. The predicted octanol–water partition coefficient (Wildman–Crippen LogP) is 1.34. The maximum Gasteiger partial charge on any atom is 0.327 e. The molecule has 2 aromatic heterocycles. The van der Waals surface area contributed by atoms with Crippen molar-refractivity contribution in [2.45, 2.75) is 0 Å². The van der Waals surface area contributed by atoms with Crippen molar-refractivity contribution in [1.29, 1.82) is 0 Å². The fraction of sp³-hybridized carbons (Fsp3) is 0. The van der Waals surface area contributed by atoms with E-state index in [4.69, 9.17) is 0 Å². The number of H-pyrrole nitrogens is 2. The highest BCUT2D eigenvalue weighted by molar-refractivity contribution is 7.21. The van der Waals surface area contributed by atoms with Crippen LogP contribution in [0.1, 0.15) is 0 Å². The lowest BCUT2D eigenvalue weighted by Crippen LogP contribution is -2.20. The second-order valence-electron chi connectivity index (χ2n) is 3.47. The fourth-order valence-corrected chi connectivity index (χ4v) is 2.48. The van der Waals surface area contributed by atoms with Gasteiger partial charge in [-0.3, -0.25) is 14.8 Å². The van der Waals surface area contributed by atoms with E-state index in [-0.39, 0.29) is 0 Å². The van der Waals surface area contributed by atoms with E-state index in [0.717, 1.165) is 5.56 Å². The van der Waals surface area contributed by atoms with Crippen LogP contribution in [-0.2, 0) is 0 Å². The summed E-state index contributed by atoms with van der Waals surface area (Å²) in [4.78, 5) is 31.6. The zero-order valence-corrected chi connectivity index (χ0v) is 9.38. The summed E-state index contributed by atoms with van der Waals surface area (Å²) in [7, 11) is 0. The number of rotatable bonds is 1. The maximum atomic E-state index is 11.5. The third-order valence-electron chi connectivity index (χ3n) is 2.31. The molecule has 0 atom stereocenters. The third kappa shape index (κ3) is 1.68. The van der Waals surface area contributed by atoms with E-state index in [2.05, 4.69) is 15.0 Å². The van der Waals surface area contributed by atoms with Crippen LogP contribution in [0.2, 0.25) is 0 Å². The third-order valence-corrected chi connectivity index (χ3v) is 3.42. The van der Waals surface area contributed by atoms with Gasteiger partial charge >= 0.3 is 5.69 Å². The van der Waals surface area contributed by atoms with E-state index in [1.165, 1.54) is 11.3 Å². The highest BCUT2D eigenvalue weighted by Gasteiger charge is 2.09. The first kappa shape index (κ1) is 9.98. The number of thiazole rings is 1. The number of aromatic amines is 2. The van der Waals surface area contributed by atoms with Gasteiger partial charge in [0.25, 0.3) is 5.56 Å². The van der Waals surface area contributed by atoms with Gasteiger partial charge < -0.3 is 0 Å². The molecule has 0 spiro atoms. The van der Waals surface area contributed by atoms with Gasteiger partial charge in [-0.15, -0.1) is 11.3 Å². The Hall–Kier alpha value is -2.21. The van der Waals surface area contributed by atoms with Gasteiger partial charge in [-0.05, 0) is 0 Å².